The number of alkyl carbamates (subject to hydrolysis) is 1. The van der Waals surface area contributed by atoms with Crippen molar-refractivity contribution in [3.8, 4) is 0 Å². The highest BCUT2D eigenvalue weighted by Gasteiger charge is 2.36. The van der Waals surface area contributed by atoms with E-state index in [0.29, 0.717) is 6.07 Å². The van der Waals surface area contributed by atoms with Crippen molar-refractivity contribution in [3.05, 3.63) is 28.8 Å². The Morgan fingerprint density at radius 3 is 2.25 bits per heavy atom. The van der Waals surface area contributed by atoms with E-state index < -0.39 is 43.4 Å². The van der Waals surface area contributed by atoms with Gasteiger partial charge in [0, 0.05) is 39.1 Å². The predicted octanol–water partition coefficient (Wildman–Crippen LogP) is 3.11. The molecule has 1 heterocycles. The van der Waals surface area contributed by atoms with Crippen molar-refractivity contribution >= 4 is 33.6 Å². The SMILES string of the molecule is CC(C)(C)OC(=O)NCCC(=O)N1CCN(S(=O)(=O)c2ccc(Cl)c(C(F)(F)F)c2)CC1. The van der Waals surface area contributed by atoms with Crippen LogP contribution in [0.15, 0.2) is 23.1 Å². The maximum absolute atomic E-state index is 13.1. The van der Waals surface area contributed by atoms with Gasteiger partial charge in [0.1, 0.15) is 5.60 Å². The topological polar surface area (TPSA) is 96.0 Å². The summed E-state index contributed by atoms with van der Waals surface area (Å²) in [5, 5.41) is 1.88. The van der Waals surface area contributed by atoms with E-state index >= 15 is 0 Å². The molecule has 1 fully saturated rings. The molecule has 2 rings (SSSR count). The molecule has 2 amide bonds. The normalized spacial score (nSPS) is 16.0. The van der Waals surface area contributed by atoms with Crippen molar-refractivity contribution in [1.29, 1.82) is 0 Å². The van der Waals surface area contributed by atoms with Crippen molar-refractivity contribution in [1.82, 2.24) is 14.5 Å². The summed E-state index contributed by atoms with van der Waals surface area (Å²) >= 11 is 5.56. The fourth-order valence-electron chi connectivity index (χ4n) is 2.95. The van der Waals surface area contributed by atoms with Crippen LogP contribution < -0.4 is 5.32 Å². The number of amides is 2. The molecule has 0 unspecified atom stereocenters. The number of nitrogens with one attached hydrogen (secondary N) is 1. The van der Waals surface area contributed by atoms with E-state index in [1.54, 1.807) is 20.8 Å². The van der Waals surface area contributed by atoms with Gasteiger partial charge in [0.25, 0.3) is 0 Å². The number of hydrogen-bond donors (Lipinski definition) is 1. The molecule has 1 aliphatic rings. The Labute approximate surface area is 189 Å². The summed E-state index contributed by atoms with van der Waals surface area (Å²) in [7, 11) is -4.19. The zero-order chi connectivity index (χ0) is 24.3. The monoisotopic (exact) mass is 499 g/mol. The number of benzene rings is 1. The minimum absolute atomic E-state index is 0.00187. The molecule has 1 N–H and O–H groups in total. The molecule has 0 spiro atoms. The third-order valence-electron chi connectivity index (χ3n) is 4.48. The van der Waals surface area contributed by atoms with Crippen molar-refractivity contribution in [2.45, 2.75) is 43.9 Å². The fourth-order valence-corrected chi connectivity index (χ4v) is 4.63. The van der Waals surface area contributed by atoms with Crippen molar-refractivity contribution < 1.29 is 35.9 Å². The summed E-state index contributed by atoms with van der Waals surface area (Å²) in [5.41, 5.74) is -1.90. The lowest BCUT2D eigenvalue weighted by atomic mass is 10.2. The van der Waals surface area contributed by atoms with Gasteiger partial charge in [-0.05, 0) is 39.0 Å². The summed E-state index contributed by atoms with van der Waals surface area (Å²) in [4.78, 5) is 24.8. The second-order valence-electron chi connectivity index (χ2n) is 8.10. The number of ether oxygens (including phenoxy) is 1. The van der Waals surface area contributed by atoms with Gasteiger partial charge in [0.2, 0.25) is 15.9 Å². The zero-order valence-electron chi connectivity index (χ0n) is 17.8. The van der Waals surface area contributed by atoms with E-state index in [2.05, 4.69) is 5.32 Å². The Bertz CT molecular complexity index is 956. The number of carbonyl (C=O) groups excluding carboxylic acids is 2. The van der Waals surface area contributed by atoms with E-state index in [1.165, 1.54) is 4.90 Å². The quantitative estimate of drug-likeness (QED) is 0.671. The minimum atomic E-state index is -4.79. The van der Waals surface area contributed by atoms with Gasteiger partial charge in [-0.1, -0.05) is 11.6 Å². The molecule has 0 atom stereocenters. The first-order valence-corrected chi connectivity index (χ1v) is 11.5. The van der Waals surface area contributed by atoms with Crippen LogP contribution in [0.2, 0.25) is 5.02 Å². The predicted molar refractivity (Wildman–Crippen MR) is 111 cm³/mol. The van der Waals surface area contributed by atoms with Crippen molar-refractivity contribution in [2.24, 2.45) is 0 Å². The van der Waals surface area contributed by atoms with E-state index in [0.717, 1.165) is 16.4 Å². The molecule has 1 aliphatic heterocycles. The maximum atomic E-state index is 13.1. The molecule has 13 heteroatoms. The lowest BCUT2D eigenvalue weighted by Crippen LogP contribution is -2.51. The Morgan fingerprint density at radius 1 is 1.12 bits per heavy atom. The zero-order valence-corrected chi connectivity index (χ0v) is 19.4. The molecule has 1 aromatic rings. The second kappa shape index (κ2) is 9.84. The third kappa shape index (κ3) is 6.97. The Kier molecular flexibility index (Phi) is 8.05. The van der Waals surface area contributed by atoms with Crippen molar-refractivity contribution in [3.63, 3.8) is 0 Å². The van der Waals surface area contributed by atoms with E-state index in [-0.39, 0.29) is 45.1 Å². The highest BCUT2D eigenvalue weighted by atomic mass is 35.5. The molecule has 1 saturated heterocycles. The molecule has 180 valence electrons. The number of sulfonamides is 1. The summed E-state index contributed by atoms with van der Waals surface area (Å²) in [5.74, 6) is -0.288. The van der Waals surface area contributed by atoms with Gasteiger partial charge in [-0.25, -0.2) is 13.2 Å². The maximum Gasteiger partial charge on any atom is 0.417 e. The summed E-state index contributed by atoms with van der Waals surface area (Å²) in [6.45, 7) is 5.18. The fraction of sp³-hybridized carbons (Fsp3) is 0.579. The van der Waals surface area contributed by atoms with Gasteiger partial charge in [-0.15, -0.1) is 0 Å². The minimum Gasteiger partial charge on any atom is -0.444 e. The summed E-state index contributed by atoms with van der Waals surface area (Å²) in [6, 6.07) is 2.43. The molecular weight excluding hydrogens is 475 g/mol. The van der Waals surface area contributed by atoms with Crippen LogP contribution in [0, 0.1) is 0 Å². The highest BCUT2D eigenvalue weighted by Crippen LogP contribution is 2.36. The third-order valence-corrected chi connectivity index (χ3v) is 6.70. The average Bonchev–Trinajstić information content (AvgIpc) is 2.65. The molecule has 0 aliphatic carbocycles. The van der Waals surface area contributed by atoms with Crippen LogP contribution in [0.25, 0.3) is 0 Å². The molecule has 8 nitrogen and oxygen atoms in total. The van der Waals surface area contributed by atoms with Gasteiger partial charge < -0.3 is 15.0 Å². The van der Waals surface area contributed by atoms with Crippen LogP contribution in [0.1, 0.15) is 32.8 Å². The van der Waals surface area contributed by atoms with Gasteiger partial charge in [-0.2, -0.15) is 17.5 Å². The Hall–Kier alpha value is -2.05. The van der Waals surface area contributed by atoms with Crippen LogP contribution in [-0.2, 0) is 25.7 Å². The van der Waals surface area contributed by atoms with Crippen LogP contribution in [0.3, 0.4) is 0 Å². The number of hydrogen-bond acceptors (Lipinski definition) is 5. The first-order chi connectivity index (χ1) is 14.6. The summed E-state index contributed by atoms with van der Waals surface area (Å²) in [6.07, 6.45) is -5.44. The second-order valence-corrected chi connectivity index (χ2v) is 10.4. The Balaban J connectivity index is 1.93. The van der Waals surface area contributed by atoms with Gasteiger partial charge in [0.15, 0.2) is 0 Å². The van der Waals surface area contributed by atoms with E-state index in [4.69, 9.17) is 16.3 Å². The average molecular weight is 500 g/mol. The van der Waals surface area contributed by atoms with Gasteiger partial charge in [-0.3, -0.25) is 4.79 Å². The largest absolute Gasteiger partial charge is 0.444 e. The highest BCUT2D eigenvalue weighted by molar-refractivity contribution is 7.89. The Morgan fingerprint density at radius 2 is 1.72 bits per heavy atom. The standard InChI is InChI=1S/C19H25ClF3N3O5S/c1-18(2,3)31-17(28)24-7-6-16(27)25-8-10-26(11-9-25)32(29,30)13-4-5-15(20)14(12-13)19(21,22)23/h4-5,12H,6-11H2,1-3H3,(H,24,28). The van der Waals surface area contributed by atoms with Crippen molar-refractivity contribution in [2.75, 3.05) is 32.7 Å². The summed E-state index contributed by atoms with van der Waals surface area (Å²) < 4.78 is 70.8. The lowest BCUT2D eigenvalue weighted by molar-refractivity contribution is -0.137. The molecule has 0 radical (unpaired) electrons. The molecule has 0 bridgehead atoms. The molecule has 1 aromatic carbocycles. The number of carbonyl (C=O) groups is 2. The van der Waals surface area contributed by atoms with Crippen LogP contribution in [0.5, 0.6) is 0 Å². The molecular formula is C19H25ClF3N3O5S. The number of halogens is 4. The van der Waals surface area contributed by atoms with Gasteiger partial charge >= 0.3 is 12.3 Å². The number of piperazine rings is 1. The first kappa shape index (κ1) is 26.2. The van der Waals surface area contributed by atoms with Crippen LogP contribution in [0.4, 0.5) is 18.0 Å². The van der Waals surface area contributed by atoms with E-state index in [9.17, 15) is 31.2 Å². The number of rotatable bonds is 5. The number of nitrogens with zero attached hydrogens (tertiary/aromatic N) is 2. The molecule has 32 heavy (non-hydrogen) atoms. The first-order valence-electron chi connectivity index (χ1n) is 9.73. The number of alkyl halides is 3. The molecule has 0 saturated carbocycles. The molecule has 0 aromatic heterocycles. The van der Waals surface area contributed by atoms with E-state index in [1.807, 2.05) is 0 Å². The smallest absolute Gasteiger partial charge is 0.417 e. The van der Waals surface area contributed by atoms with Gasteiger partial charge in [0.05, 0.1) is 15.5 Å². The van der Waals surface area contributed by atoms with Crippen LogP contribution >= 0.6 is 11.6 Å². The van der Waals surface area contributed by atoms with Crippen LogP contribution in [-0.4, -0.2) is 67.9 Å². The lowest BCUT2D eigenvalue weighted by Gasteiger charge is -2.34.